The molecule has 0 atom stereocenters. The van der Waals surface area contributed by atoms with E-state index < -0.39 is 0 Å². The van der Waals surface area contributed by atoms with Crippen molar-refractivity contribution in [2.45, 2.75) is 12.8 Å². The van der Waals surface area contributed by atoms with Crippen molar-refractivity contribution in [1.29, 1.82) is 0 Å². The number of ether oxygens (including phenoxy) is 2. The Morgan fingerprint density at radius 3 is 2.34 bits per heavy atom. The van der Waals surface area contributed by atoms with E-state index in [1.165, 1.54) is 0 Å². The van der Waals surface area contributed by atoms with E-state index in [1.807, 2.05) is 36.4 Å². The summed E-state index contributed by atoms with van der Waals surface area (Å²) < 4.78 is 10.3. The second-order valence-corrected chi connectivity index (χ2v) is 8.01. The maximum atomic E-state index is 12.7. The summed E-state index contributed by atoms with van der Waals surface area (Å²) in [4.78, 5) is 14.8. The standard InChI is InChI=1S/C24H25ClN4O3/c1-31-19-6-3-16(4-7-19)21-8-10-23(28-27-21)29-13-11-17(12-14-29)24(30)26-18-5-9-22(32-2)20(25)15-18/h3-10,15,17H,11-14H2,1-2H3,(H,26,30). The van der Waals surface area contributed by atoms with Gasteiger partial charge in [-0.25, -0.2) is 0 Å². The number of methoxy groups -OCH3 is 2. The SMILES string of the molecule is COc1ccc(-c2ccc(N3CCC(C(=O)Nc4ccc(OC)c(Cl)c4)CC3)nn2)cc1. The summed E-state index contributed by atoms with van der Waals surface area (Å²) in [6.45, 7) is 1.50. The molecule has 7 nitrogen and oxygen atoms in total. The quantitative estimate of drug-likeness (QED) is 0.585. The maximum absolute atomic E-state index is 12.7. The molecule has 1 N–H and O–H groups in total. The summed E-state index contributed by atoms with van der Waals surface area (Å²) in [7, 11) is 3.20. The second-order valence-electron chi connectivity index (χ2n) is 7.61. The van der Waals surface area contributed by atoms with Crippen LogP contribution in [0.1, 0.15) is 12.8 Å². The van der Waals surface area contributed by atoms with Crippen LogP contribution in [0.25, 0.3) is 11.3 Å². The first-order valence-corrected chi connectivity index (χ1v) is 10.8. The normalized spacial score (nSPS) is 14.2. The van der Waals surface area contributed by atoms with E-state index in [0.29, 0.717) is 16.5 Å². The van der Waals surface area contributed by atoms with Gasteiger partial charge in [-0.05, 0) is 67.4 Å². The van der Waals surface area contributed by atoms with Crippen molar-refractivity contribution >= 4 is 29.0 Å². The molecular formula is C24H25ClN4O3. The number of amides is 1. The summed E-state index contributed by atoms with van der Waals surface area (Å²) in [5.74, 6) is 2.16. The molecule has 0 radical (unpaired) electrons. The molecule has 1 amide bonds. The highest BCUT2D eigenvalue weighted by Gasteiger charge is 2.26. The van der Waals surface area contributed by atoms with E-state index in [4.69, 9.17) is 21.1 Å². The number of rotatable bonds is 6. The Kier molecular flexibility index (Phi) is 6.75. The Morgan fingerprint density at radius 1 is 1.00 bits per heavy atom. The van der Waals surface area contributed by atoms with Gasteiger partial charge in [-0.1, -0.05) is 11.6 Å². The van der Waals surface area contributed by atoms with Crippen LogP contribution in [-0.4, -0.2) is 43.4 Å². The summed E-state index contributed by atoms with van der Waals surface area (Å²) in [6.07, 6.45) is 1.50. The van der Waals surface area contributed by atoms with Crippen LogP contribution in [0.3, 0.4) is 0 Å². The highest BCUT2D eigenvalue weighted by molar-refractivity contribution is 6.32. The van der Waals surface area contributed by atoms with Gasteiger partial charge in [0.2, 0.25) is 5.91 Å². The number of hydrogen-bond donors (Lipinski definition) is 1. The summed E-state index contributed by atoms with van der Waals surface area (Å²) in [5, 5.41) is 12.2. The van der Waals surface area contributed by atoms with Gasteiger partial charge in [0, 0.05) is 30.3 Å². The molecule has 1 aliphatic rings. The van der Waals surface area contributed by atoms with Crippen molar-refractivity contribution in [2.75, 3.05) is 37.5 Å². The Hall–Kier alpha value is -3.32. The van der Waals surface area contributed by atoms with Crippen LogP contribution >= 0.6 is 11.6 Å². The zero-order valence-corrected chi connectivity index (χ0v) is 18.8. The lowest BCUT2D eigenvalue weighted by Crippen LogP contribution is -2.38. The minimum absolute atomic E-state index is 0.00632. The first-order valence-electron chi connectivity index (χ1n) is 10.4. The van der Waals surface area contributed by atoms with Crippen molar-refractivity contribution in [2.24, 2.45) is 5.92 Å². The van der Waals surface area contributed by atoms with E-state index >= 15 is 0 Å². The van der Waals surface area contributed by atoms with Crippen LogP contribution in [0.5, 0.6) is 11.5 Å². The monoisotopic (exact) mass is 452 g/mol. The predicted molar refractivity (Wildman–Crippen MR) is 126 cm³/mol. The molecule has 1 saturated heterocycles. The number of anilines is 2. The lowest BCUT2D eigenvalue weighted by atomic mass is 9.95. The van der Waals surface area contributed by atoms with E-state index in [9.17, 15) is 4.79 Å². The van der Waals surface area contributed by atoms with Crippen LogP contribution in [0, 0.1) is 5.92 Å². The van der Waals surface area contributed by atoms with Crippen molar-refractivity contribution in [1.82, 2.24) is 10.2 Å². The molecule has 2 heterocycles. The molecule has 0 saturated carbocycles. The van der Waals surface area contributed by atoms with E-state index in [-0.39, 0.29) is 11.8 Å². The smallest absolute Gasteiger partial charge is 0.227 e. The fraction of sp³-hybridized carbons (Fsp3) is 0.292. The Labute approximate surface area is 192 Å². The molecule has 0 aliphatic carbocycles. The van der Waals surface area contributed by atoms with Gasteiger partial charge in [0.15, 0.2) is 5.82 Å². The Morgan fingerprint density at radius 2 is 1.75 bits per heavy atom. The average Bonchev–Trinajstić information content (AvgIpc) is 2.84. The fourth-order valence-electron chi connectivity index (χ4n) is 3.77. The van der Waals surface area contributed by atoms with Crippen LogP contribution in [0.4, 0.5) is 11.5 Å². The average molecular weight is 453 g/mol. The zero-order valence-electron chi connectivity index (χ0n) is 18.0. The number of carbonyl (C=O) groups is 1. The van der Waals surface area contributed by atoms with Crippen LogP contribution in [0.2, 0.25) is 5.02 Å². The molecule has 8 heteroatoms. The zero-order chi connectivity index (χ0) is 22.5. The number of halogens is 1. The summed E-state index contributed by atoms with van der Waals surface area (Å²) in [6, 6.07) is 16.9. The first-order chi connectivity index (χ1) is 15.6. The summed E-state index contributed by atoms with van der Waals surface area (Å²) in [5.41, 5.74) is 2.46. The third kappa shape index (κ3) is 4.94. The van der Waals surface area contributed by atoms with Crippen LogP contribution in [-0.2, 0) is 4.79 Å². The highest BCUT2D eigenvalue weighted by Crippen LogP contribution is 2.29. The molecule has 0 unspecified atom stereocenters. The van der Waals surface area contributed by atoms with E-state index in [1.54, 1.807) is 32.4 Å². The number of piperidine rings is 1. The Bertz CT molecular complexity index is 1070. The minimum atomic E-state index is -0.0568. The molecular weight excluding hydrogens is 428 g/mol. The van der Waals surface area contributed by atoms with Crippen molar-refractivity contribution in [3.63, 3.8) is 0 Å². The molecule has 0 spiro atoms. The minimum Gasteiger partial charge on any atom is -0.497 e. The molecule has 0 bridgehead atoms. The van der Waals surface area contributed by atoms with Gasteiger partial charge in [-0.15, -0.1) is 10.2 Å². The maximum Gasteiger partial charge on any atom is 0.227 e. The summed E-state index contributed by atoms with van der Waals surface area (Å²) >= 11 is 6.15. The van der Waals surface area contributed by atoms with E-state index in [0.717, 1.165) is 48.8 Å². The second kappa shape index (κ2) is 9.87. The van der Waals surface area contributed by atoms with Gasteiger partial charge in [0.05, 0.1) is 24.9 Å². The van der Waals surface area contributed by atoms with Crippen LogP contribution < -0.4 is 19.7 Å². The predicted octanol–water partition coefficient (Wildman–Crippen LogP) is 4.67. The van der Waals surface area contributed by atoms with Crippen LogP contribution in [0.15, 0.2) is 54.6 Å². The fourth-order valence-corrected chi connectivity index (χ4v) is 4.03. The number of nitrogens with one attached hydrogen (secondary N) is 1. The van der Waals surface area contributed by atoms with Crippen molar-refractivity contribution < 1.29 is 14.3 Å². The Balaban J connectivity index is 1.33. The molecule has 4 rings (SSSR count). The first kappa shape index (κ1) is 21.9. The molecule has 1 aromatic heterocycles. The van der Waals surface area contributed by atoms with Crippen molar-refractivity contribution in [3.05, 3.63) is 59.6 Å². The third-order valence-corrected chi connectivity index (χ3v) is 5.94. The van der Waals surface area contributed by atoms with Gasteiger partial charge in [-0.2, -0.15) is 0 Å². The van der Waals surface area contributed by atoms with Gasteiger partial charge in [0.1, 0.15) is 11.5 Å². The van der Waals surface area contributed by atoms with Gasteiger partial charge < -0.3 is 19.7 Å². The number of hydrogen-bond acceptors (Lipinski definition) is 6. The number of benzene rings is 2. The molecule has 1 fully saturated rings. The lowest BCUT2D eigenvalue weighted by Gasteiger charge is -2.31. The lowest BCUT2D eigenvalue weighted by molar-refractivity contribution is -0.120. The van der Waals surface area contributed by atoms with Gasteiger partial charge >= 0.3 is 0 Å². The number of aromatic nitrogens is 2. The largest absolute Gasteiger partial charge is 0.497 e. The topological polar surface area (TPSA) is 76.6 Å². The van der Waals surface area contributed by atoms with Crippen molar-refractivity contribution in [3.8, 4) is 22.8 Å². The number of nitrogens with zero attached hydrogens (tertiary/aromatic N) is 3. The molecule has 32 heavy (non-hydrogen) atoms. The van der Waals surface area contributed by atoms with Gasteiger partial charge in [-0.3, -0.25) is 4.79 Å². The molecule has 2 aromatic carbocycles. The number of carbonyl (C=O) groups excluding carboxylic acids is 1. The van der Waals surface area contributed by atoms with Gasteiger partial charge in [0.25, 0.3) is 0 Å². The van der Waals surface area contributed by atoms with E-state index in [2.05, 4.69) is 20.4 Å². The molecule has 1 aliphatic heterocycles. The molecule has 3 aromatic rings. The highest BCUT2D eigenvalue weighted by atomic mass is 35.5. The molecule has 166 valence electrons. The third-order valence-electron chi connectivity index (χ3n) is 5.65.